The highest BCUT2D eigenvalue weighted by atomic mass is 19.4. The highest BCUT2D eigenvalue weighted by molar-refractivity contribution is 5.79. The second-order valence-electron chi connectivity index (χ2n) is 6.16. The number of aromatic nitrogens is 2. The standard InChI is InChI=1S/C14H22F3N3O2/c1-9-11(6-12(21)19(5)7-13(3,4)22)10(2)20(18-9)8-14(15,16)17/h22H,6-8H2,1-5H3. The number of aryl methyl sites for hydroxylation is 1. The molecule has 0 aliphatic carbocycles. The van der Waals surface area contributed by atoms with E-state index >= 15 is 0 Å². The number of aliphatic hydroxyl groups is 1. The van der Waals surface area contributed by atoms with Crippen molar-refractivity contribution >= 4 is 5.91 Å². The van der Waals surface area contributed by atoms with Gasteiger partial charge in [-0.25, -0.2) is 0 Å². The lowest BCUT2D eigenvalue weighted by Gasteiger charge is -2.25. The zero-order valence-corrected chi connectivity index (χ0v) is 13.5. The van der Waals surface area contributed by atoms with Crippen molar-refractivity contribution in [1.82, 2.24) is 14.7 Å². The van der Waals surface area contributed by atoms with Gasteiger partial charge in [0.15, 0.2) is 0 Å². The molecule has 1 rings (SSSR count). The lowest BCUT2D eigenvalue weighted by Crippen LogP contribution is -2.40. The molecule has 8 heteroatoms. The van der Waals surface area contributed by atoms with Gasteiger partial charge in [-0.3, -0.25) is 9.48 Å². The molecule has 5 nitrogen and oxygen atoms in total. The molecule has 1 aromatic heterocycles. The lowest BCUT2D eigenvalue weighted by molar-refractivity contribution is -0.143. The van der Waals surface area contributed by atoms with Crippen molar-refractivity contribution < 1.29 is 23.1 Å². The van der Waals surface area contributed by atoms with Crippen LogP contribution in [-0.2, 0) is 17.8 Å². The van der Waals surface area contributed by atoms with Crippen LogP contribution in [0, 0.1) is 13.8 Å². The van der Waals surface area contributed by atoms with Crippen LogP contribution in [0.4, 0.5) is 13.2 Å². The first kappa shape index (κ1) is 18.5. The van der Waals surface area contributed by atoms with E-state index in [0.717, 1.165) is 4.68 Å². The molecule has 1 heterocycles. The van der Waals surface area contributed by atoms with Crippen LogP contribution in [0.2, 0.25) is 0 Å². The largest absolute Gasteiger partial charge is 0.408 e. The van der Waals surface area contributed by atoms with Gasteiger partial charge in [0.2, 0.25) is 5.91 Å². The first-order valence-electron chi connectivity index (χ1n) is 6.86. The molecule has 0 bridgehead atoms. The monoisotopic (exact) mass is 321 g/mol. The molecule has 0 saturated heterocycles. The minimum atomic E-state index is -4.36. The maximum atomic E-state index is 12.5. The van der Waals surface area contributed by atoms with Crippen molar-refractivity contribution in [3.63, 3.8) is 0 Å². The third-order valence-electron chi connectivity index (χ3n) is 3.24. The minimum absolute atomic E-state index is 0.0396. The zero-order chi connectivity index (χ0) is 17.3. The molecule has 1 aromatic rings. The molecule has 0 saturated carbocycles. The van der Waals surface area contributed by atoms with Crippen LogP contribution in [0.3, 0.4) is 0 Å². The lowest BCUT2D eigenvalue weighted by atomic mass is 10.1. The SMILES string of the molecule is Cc1nn(CC(F)(F)F)c(C)c1CC(=O)N(C)CC(C)(C)O. The summed E-state index contributed by atoms with van der Waals surface area (Å²) >= 11 is 0. The van der Waals surface area contributed by atoms with Gasteiger partial charge in [-0.15, -0.1) is 0 Å². The number of amides is 1. The fraction of sp³-hybridized carbons (Fsp3) is 0.714. The quantitative estimate of drug-likeness (QED) is 0.900. The Morgan fingerprint density at radius 2 is 1.86 bits per heavy atom. The summed E-state index contributed by atoms with van der Waals surface area (Å²) in [6.45, 7) is 5.22. The molecule has 1 amide bonds. The Labute approximate surface area is 127 Å². The van der Waals surface area contributed by atoms with E-state index in [9.17, 15) is 23.1 Å². The molecule has 0 radical (unpaired) electrons. The van der Waals surface area contributed by atoms with Crippen molar-refractivity contribution in [3.05, 3.63) is 17.0 Å². The number of carbonyl (C=O) groups excluding carboxylic acids is 1. The Balaban J connectivity index is 2.88. The second kappa shape index (κ2) is 6.28. The van der Waals surface area contributed by atoms with Crippen LogP contribution in [0.15, 0.2) is 0 Å². The van der Waals surface area contributed by atoms with Crippen LogP contribution in [0.25, 0.3) is 0 Å². The first-order chi connectivity index (χ1) is 9.80. The van der Waals surface area contributed by atoms with Crippen molar-refractivity contribution in [3.8, 4) is 0 Å². The Kier molecular flexibility index (Phi) is 5.27. The van der Waals surface area contributed by atoms with E-state index in [-0.39, 0.29) is 18.9 Å². The van der Waals surface area contributed by atoms with Crippen LogP contribution < -0.4 is 0 Å². The van der Waals surface area contributed by atoms with E-state index in [4.69, 9.17) is 0 Å². The van der Waals surface area contributed by atoms with Gasteiger partial charge in [0, 0.05) is 24.8 Å². The summed E-state index contributed by atoms with van der Waals surface area (Å²) in [7, 11) is 1.55. The van der Waals surface area contributed by atoms with Crippen molar-refractivity contribution in [2.45, 2.75) is 52.4 Å². The van der Waals surface area contributed by atoms with Crippen LogP contribution in [0.5, 0.6) is 0 Å². The molecule has 126 valence electrons. The number of hydrogen-bond acceptors (Lipinski definition) is 3. The van der Waals surface area contributed by atoms with Gasteiger partial charge < -0.3 is 10.0 Å². The summed E-state index contributed by atoms with van der Waals surface area (Å²) < 4.78 is 38.3. The highest BCUT2D eigenvalue weighted by Gasteiger charge is 2.30. The summed E-state index contributed by atoms with van der Waals surface area (Å²) in [6.07, 6.45) is -4.40. The summed E-state index contributed by atoms with van der Waals surface area (Å²) in [6, 6.07) is 0. The number of carbonyl (C=O) groups is 1. The molecular weight excluding hydrogens is 299 g/mol. The zero-order valence-electron chi connectivity index (χ0n) is 13.5. The van der Waals surface area contributed by atoms with Gasteiger partial charge in [-0.05, 0) is 27.7 Å². The average molecular weight is 321 g/mol. The van der Waals surface area contributed by atoms with Gasteiger partial charge in [0.1, 0.15) is 6.54 Å². The summed E-state index contributed by atoms with van der Waals surface area (Å²) in [4.78, 5) is 13.5. The van der Waals surface area contributed by atoms with E-state index in [1.165, 1.54) is 11.8 Å². The maximum Gasteiger partial charge on any atom is 0.408 e. The predicted molar refractivity (Wildman–Crippen MR) is 75.4 cm³/mol. The Bertz CT molecular complexity index is 545. The Morgan fingerprint density at radius 1 is 1.32 bits per heavy atom. The summed E-state index contributed by atoms with van der Waals surface area (Å²) in [5.41, 5.74) is 0.207. The van der Waals surface area contributed by atoms with Gasteiger partial charge in [0.25, 0.3) is 0 Å². The smallest absolute Gasteiger partial charge is 0.389 e. The van der Waals surface area contributed by atoms with Gasteiger partial charge >= 0.3 is 6.18 Å². The fourth-order valence-corrected chi connectivity index (χ4v) is 2.27. The minimum Gasteiger partial charge on any atom is -0.389 e. The third-order valence-corrected chi connectivity index (χ3v) is 3.24. The van der Waals surface area contributed by atoms with Crippen LogP contribution >= 0.6 is 0 Å². The molecule has 0 aromatic carbocycles. The molecule has 0 fully saturated rings. The van der Waals surface area contributed by atoms with E-state index in [0.29, 0.717) is 17.0 Å². The van der Waals surface area contributed by atoms with Gasteiger partial charge in [0.05, 0.1) is 17.7 Å². The number of likely N-dealkylation sites (N-methyl/N-ethyl adjacent to an activating group) is 1. The molecule has 1 N–H and O–H groups in total. The highest BCUT2D eigenvalue weighted by Crippen LogP contribution is 2.21. The fourth-order valence-electron chi connectivity index (χ4n) is 2.27. The van der Waals surface area contributed by atoms with Gasteiger partial charge in [-0.2, -0.15) is 18.3 Å². The summed E-state index contributed by atoms with van der Waals surface area (Å²) in [5.74, 6) is -0.278. The number of rotatable bonds is 5. The second-order valence-corrected chi connectivity index (χ2v) is 6.16. The molecule has 0 atom stereocenters. The normalized spacial score (nSPS) is 12.6. The predicted octanol–water partition coefficient (Wildman–Crippen LogP) is 1.83. The maximum absolute atomic E-state index is 12.5. The third kappa shape index (κ3) is 5.32. The van der Waals surface area contributed by atoms with Crippen LogP contribution in [-0.4, -0.2) is 51.1 Å². The molecule has 0 aliphatic rings. The Morgan fingerprint density at radius 3 is 2.32 bits per heavy atom. The average Bonchev–Trinajstić information content (AvgIpc) is 2.52. The van der Waals surface area contributed by atoms with E-state index in [1.807, 2.05) is 0 Å². The van der Waals surface area contributed by atoms with E-state index in [2.05, 4.69) is 5.10 Å². The Hall–Kier alpha value is -1.57. The van der Waals surface area contributed by atoms with Crippen LogP contribution in [0.1, 0.15) is 30.8 Å². The van der Waals surface area contributed by atoms with Crippen molar-refractivity contribution in [1.29, 1.82) is 0 Å². The number of hydrogen-bond donors (Lipinski definition) is 1. The van der Waals surface area contributed by atoms with Crippen molar-refractivity contribution in [2.75, 3.05) is 13.6 Å². The number of halogens is 3. The van der Waals surface area contributed by atoms with Crippen molar-refractivity contribution in [2.24, 2.45) is 0 Å². The molecule has 22 heavy (non-hydrogen) atoms. The first-order valence-corrected chi connectivity index (χ1v) is 6.86. The molecular formula is C14H22F3N3O2. The van der Waals surface area contributed by atoms with E-state index in [1.54, 1.807) is 27.8 Å². The van der Waals surface area contributed by atoms with E-state index < -0.39 is 18.3 Å². The van der Waals surface area contributed by atoms with Gasteiger partial charge in [-0.1, -0.05) is 0 Å². The number of nitrogens with zero attached hydrogens (tertiary/aromatic N) is 3. The molecule has 0 spiro atoms. The topological polar surface area (TPSA) is 58.4 Å². The summed E-state index contributed by atoms with van der Waals surface area (Å²) in [5, 5.41) is 13.6. The molecule has 0 aliphatic heterocycles. The number of alkyl halides is 3. The molecule has 0 unspecified atom stereocenters.